The number of hydrogen-bond donors (Lipinski definition) is 3. The topological polar surface area (TPSA) is 88.2 Å². The van der Waals surface area contributed by atoms with Gasteiger partial charge >= 0.3 is 0 Å². The third-order valence-corrected chi connectivity index (χ3v) is 4.09. The van der Waals surface area contributed by atoms with E-state index in [2.05, 4.69) is 10.3 Å². The van der Waals surface area contributed by atoms with Gasteiger partial charge in [-0.15, -0.1) is 0 Å². The number of pyridine rings is 1. The lowest BCUT2D eigenvalue weighted by Gasteiger charge is -2.22. The molecule has 134 valence electrons. The van der Waals surface area contributed by atoms with E-state index >= 15 is 0 Å². The van der Waals surface area contributed by atoms with Crippen molar-refractivity contribution in [3.8, 4) is 11.1 Å². The van der Waals surface area contributed by atoms with Crippen molar-refractivity contribution in [3.05, 3.63) is 53.9 Å². The number of nitrogens with one attached hydrogen (secondary N) is 1. The molecular formula is C17H18Cl2FN3O2. The zero-order valence-electron chi connectivity index (χ0n) is 13.2. The fourth-order valence-electron chi connectivity index (χ4n) is 2.27. The number of rotatable bonds is 7. The first-order chi connectivity index (χ1) is 12.0. The van der Waals surface area contributed by atoms with E-state index in [0.29, 0.717) is 12.1 Å². The number of nitrogens with zero attached hydrogens (tertiary/aromatic N) is 1. The standard InChI is InChI=1S/C17H18Cl2FN3O2/c18-16(19)17(25)23-14(7-20)15(24)11-3-1-10(2-4-11)12-5-6-13(8-21)22-9-12/h1-6,9,14-16,24H,7-8,21H2,(H,23,25). The quantitative estimate of drug-likeness (QED) is 0.638. The van der Waals surface area contributed by atoms with E-state index in [4.69, 9.17) is 28.9 Å². The highest BCUT2D eigenvalue weighted by molar-refractivity contribution is 6.53. The Morgan fingerprint density at radius 2 is 1.84 bits per heavy atom. The average molecular weight is 386 g/mol. The third-order valence-electron chi connectivity index (χ3n) is 3.69. The Morgan fingerprint density at radius 3 is 2.32 bits per heavy atom. The minimum absolute atomic E-state index is 0.368. The maximum Gasteiger partial charge on any atom is 0.253 e. The van der Waals surface area contributed by atoms with Crippen LogP contribution in [-0.4, -0.2) is 33.6 Å². The fourth-order valence-corrected chi connectivity index (χ4v) is 2.39. The fraction of sp³-hybridized carbons (Fsp3) is 0.294. The molecule has 0 spiro atoms. The molecule has 2 aromatic rings. The molecule has 0 aliphatic heterocycles. The van der Waals surface area contributed by atoms with Crippen molar-refractivity contribution >= 4 is 29.1 Å². The van der Waals surface area contributed by atoms with Crippen LogP contribution in [0, 0.1) is 0 Å². The van der Waals surface area contributed by atoms with Crippen LogP contribution in [0.25, 0.3) is 11.1 Å². The molecule has 1 aromatic carbocycles. The molecule has 25 heavy (non-hydrogen) atoms. The minimum Gasteiger partial charge on any atom is -0.386 e. The number of hydrogen-bond acceptors (Lipinski definition) is 4. The number of aliphatic hydroxyl groups excluding tert-OH is 1. The van der Waals surface area contributed by atoms with Gasteiger partial charge in [0.1, 0.15) is 12.8 Å². The summed E-state index contributed by atoms with van der Waals surface area (Å²) in [7, 11) is 0. The SMILES string of the molecule is NCc1ccc(-c2ccc(C(O)C(CF)NC(=O)C(Cl)Cl)cc2)cn1. The van der Waals surface area contributed by atoms with Gasteiger partial charge in [-0.3, -0.25) is 9.78 Å². The number of carbonyl (C=O) groups is 1. The van der Waals surface area contributed by atoms with Gasteiger partial charge in [0.2, 0.25) is 0 Å². The van der Waals surface area contributed by atoms with E-state index in [1.54, 1.807) is 30.5 Å². The molecule has 0 aliphatic carbocycles. The Balaban J connectivity index is 2.12. The number of halogens is 3. The normalized spacial score (nSPS) is 13.5. The van der Waals surface area contributed by atoms with Crippen molar-refractivity contribution in [3.63, 3.8) is 0 Å². The molecular weight excluding hydrogens is 368 g/mol. The van der Waals surface area contributed by atoms with Crippen molar-refractivity contribution in [2.75, 3.05) is 6.67 Å². The zero-order chi connectivity index (χ0) is 18.4. The van der Waals surface area contributed by atoms with Gasteiger partial charge in [-0.25, -0.2) is 4.39 Å². The van der Waals surface area contributed by atoms with Crippen LogP contribution in [0.3, 0.4) is 0 Å². The van der Waals surface area contributed by atoms with E-state index < -0.39 is 29.6 Å². The summed E-state index contributed by atoms with van der Waals surface area (Å²) in [5, 5.41) is 12.5. The first-order valence-electron chi connectivity index (χ1n) is 7.54. The first-order valence-corrected chi connectivity index (χ1v) is 8.41. The molecule has 8 heteroatoms. The zero-order valence-corrected chi connectivity index (χ0v) is 14.7. The van der Waals surface area contributed by atoms with Crippen LogP contribution in [-0.2, 0) is 11.3 Å². The number of nitrogens with two attached hydrogens (primary N) is 1. The van der Waals surface area contributed by atoms with Crippen molar-refractivity contribution in [1.82, 2.24) is 10.3 Å². The molecule has 0 saturated heterocycles. The van der Waals surface area contributed by atoms with Crippen LogP contribution >= 0.6 is 23.2 Å². The van der Waals surface area contributed by atoms with Gasteiger partial charge in [-0.1, -0.05) is 53.5 Å². The molecule has 0 bridgehead atoms. The van der Waals surface area contributed by atoms with Crippen LogP contribution in [0.4, 0.5) is 4.39 Å². The number of amides is 1. The number of benzene rings is 1. The van der Waals surface area contributed by atoms with Crippen LogP contribution in [0.5, 0.6) is 0 Å². The molecule has 1 aromatic heterocycles. The largest absolute Gasteiger partial charge is 0.386 e. The predicted molar refractivity (Wildman–Crippen MR) is 95.9 cm³/mol. The molecule has 0 radical (unpaired) electrons. The van der Waals surface area contributed by atoms with Crippen LogP contribution < -0.4 is 11.1 Å². The summed E-state index contributed by atoms with van der Waals surface area (Å²) in [4.78, 5) is 14.4. The van der Waals surface area contributed by atoms with Crippen LogP contribution in [0.15, 0.2) is 42.6 Å². The highest BCUT2D eigenvalue weighted by Crippen LogP contribution is 2.23. The molecule has 2 unspecified atom stereocenters. The van der Waals surface area contributed by atoms with Crippen LogP contribution in [0.2, 0.25) is 0 Å². The molecule has 0 saturated carbocycles. The second-order valence-electron chi connectivity index (χ2n) is 5.38. The Labute approximate surface area is 155 Å². The molecule has 0 fully saturated rings. The summed E-state index contributed by atoms with van der Waals surface area (Å²) in [5.41, 5.74) is 8.54. The summed E-state index contributed by atoms with van der Waals surface area (Å²) >= 11 is 10.9. The molecule has 4 N–H and O–H groups in total. The van der Waals surface area contributed by atoms with E-state index in [1.807, 2.05) is 12.1 Å². The number of alkyl halides is 3. The van der Waals surface area contributed by atoms with Gasteiger partial charge in [0.25, 0.3) is 5.91 Å². The van der Waals surface area contributed by atoms with Gasteiger partial charge < -0.3 is 16.2 Å². The van der Waals surface area contributed by atoms with Crippen molar-refractivity contribution in [2.24, 2.45) is 5.73 Å². The van der Waals surface area contributed by atoms with Crippen molar-refractivity contribution in [2.45, 2.75) is 23.5 Å². The maximum atomic E-state index is 13.2. The lowest BCUT2D eigenvalue weighted by Crippen LogP contribution is -2.43. The summed E-state index contributed by atoms with van der Waals surface area (Å²) in [6, 6.07) is 9.47. The van der Waals surface area contributed by atoms with E-state index in [0.717, 1.165) is 16.8 Å². The molecule has 1 heterocycles. The van der Waals surface area contributed by atoms with E-state index in [-0.39, 0.29) is 0 Å². The Hall–Kier alpha value is -1.73. The van der Waals surface area contributed by atoms with Crippen molar-refractivity contribution in [1.29, 1.82) is 0 Å². The van der Waals surface area contributed by atoms with Gasteiger partial charge in [0.05, 0.1) is 11.7 Å². The smallest absolute Gasteiger partial charge is 0.253 e. The Morgan fingerprint density at radius 1 is 1.20 bits per heavy atom. The van der Waals surface area contributed by atoms with Gasteiger partial charge in [0.15, 0.2) is 4.84 Å². The summed E-state index contributed by atoms with van der Waals surface area (Å²) in [6.45, 7) is -0.590. The highest BCUT2D eigenvalue weighted by Gasteiger charge is 2.25. The van der Waals surface area contributed by atoms with Gasteiger partial charge in [-0.2, -0.15) is 0 Å². The highest BCUT2D eigenvalue weighted by atomic mass is 35.5. The predicted octanol–water partition coefficient (Wildman–Crippen LogP) is 2.50. The summed E-state index contributed by atoms with van der Waals surface area (Å²) < 4.78 is 13.2. The average Bonchev–Trinajstić information content (AvgIpc) is 2.65. The third kappa shape index (κ3) is 5.12. The second-order valence-corrected chi connectivity index (χ2v) is 6.48. The molecule has 5 nitrogen and oxygen atoms in total. The Kier molecular flexibility index (Phi) is 7.13. The molecule has 2 rings (SSSR count). The van der Waals surface area contributed by atoms with E-state index in [9.17, 15) is 14.3 Å². The molecule has 2 atom stereocenters. The van der Waals surface area contributed by atoms with Crippen molar-refractivity contribution < 1.29 is 14.3 Å². The number of aliphatic hydroxyl groups is 1. The monoisotopic (exact) mass is 385 g/mol. The second kappa shape index (κ2) is 9.10. The number of aromatic nitrogens is 1. The maximum absolute atomic E-state index is 13.2. The lowest BCUT2D eigenvalue weighted by molar-refractivity contribution is -0.121. The summed E-state index contributed by atoms with van der Waals surface area (Å²) in [5.74, 6) is -0.757. The molecule has 1 amide bonds. The Bertz CT molecular complexity index is 696. The van der Waals surface area contributed by atoms with Crippen LogP contribution in [0.1, 0.15) is 17.4 Å². The van der Waals surface area contributed by atoms with Gasteiger partial charge in [-0.05, 0) is 17.2 Å². The minimum atomic E-state index is -1.33. The van der Waals surface area contributed by atoms with Gasteiger partial charge in [0, 0.05) is 18.3 Å². The first kappa shape index (κ1) is 19.6. The molecule has 0 aliphatic rings. The lowest BCUT2D eigenvalue weighted by atomic mass is 9.99. The number of carbonyl (C=O) groups excluding carboxylic acids is 1. The summed E-state index contributed by atoms with van der Waals surface area (Å²) in [6.07, 6.45) is 0.479. The van der Waals surface area contributed by atoms with E-state index in [1.165, 1.54) is 0 Å².